The van der Waals surface area contributed by atoms with E-state index in [1.54, 1.807) is 6.92 Å². The van der Waals surface area contributed by atoms with Gasteiger partial charge in [0.1, 0.15) is 6.10 Å². The van der Waals surface area contributed by atoms with E-state index in [1.165, 1.54) is 23.8 Å². The van der Waals surface area contributed by atoms with Crippen LogP contribution in [0.15, 0.2) is 23.3 Å². The zero-order valence-electron chi connectivity index (χ0n) is 27.2. The zero-order chi connectivity index (χ0) is 30.2. The topological polar surface area (TPSA) is 73.9 Å². The molecule has 3 aliphatic carbocycles. The minimum atomic E-state index is -0.621. The summed E-state index contributed by atoms with van der Waals surface area (Å²) in [6.07, 6.45) is 2.46. The highest BCUT2D eigenvalue weighted by Gasteiger charge is 2.72. The number of ether oxygens (including phenoxy) is 3. The van der Waals surface area contributed by atoms with Crippen LogP contribution in [0.2, 0.25) is 0 Å². The lowest BCUT2D eigenvalue weighted by Crippen LogP contribution is -2.75. The van der Waals surface area contributed by atoms with Crippen molar-refractivity contribution in [1.82, 2.24) is 5.32 Å². The second kappa shape index (κ2) is 10.2. The van der Waals surface area contributed by atoms with Crippen LogP contribution in [0.25, 0.3) is 0 Å². The molecule has 0 spiro atoms. The Hall–Kier alpha value is -1.82. The number of rotatable bonds is 5. The number of allylic oxidation sites excluding steroid dienone is 3. The molecule has 0 aromatic heterocycles. The molecule has 4 aliphatic rings. The second-order valence-corrected chi connectivity index (χ2v) is 15.0. The van der Waals surface area contributed by atoms with Gasteiger partial charge in [-0.25, -0.2) is 4.79 Å². The van der Waals surface area contributed by atoms with Crippen LogP contribution in [0.4, 0.5) is 4.79 Å². The highest BCUT2D eigenvalue weighted by molar-refractivity contribution is 5.67. The molecule has 2 bridgehead atoms. The lowest BCUT2D eigenvalue weighted by Gasteiger charge is -2.71. The normalized spacial score (nSPS) is 43.6. The summed E-state index contributed by atoms with van der Waals surface area (Å²) in [4.78, 5) is 24.6. The Balaban J connectivity index is 1.86. The van der Waals surface area contributed by atoms with E-state index in [4.69, 9.17) is 20.8 Å². The van der Waals surface area contributed by atoms with Crippen LogP contribution < -0.4 is 5.32 Å². The number of esters is 1. The third-order valence-corrected chi connectivity index (χ3v) is 13.2. The predicted octanol–water partition coefficient (Wildman–Crippen LogP) is 7.33. The number of amides is 1. The van der Waals surface area contributed by atoms with Crippen molar-refractivity contribution in [2.75, 3.05) is 13.7 Å². The summed E-state index contributed by atoms with van der Waals surface area (Å²) in [7, 11) is 1.41. The van der Waals surface area contributed by atoms with Crippen LogP contribution in [0.5, 0.6) is 0 Å². The summed E-state index contributed by atoms with van der Waals surface area (Å²) in [5.41, 5.74) is 3.34. The number of methoxy groups -OCH3 is 1. The van der Waals surface area contributed by atoms with Gasteiger partial charge >= 0.3 is 12.1 Å². The van der Waals surface area contributed by atoms with E-state index in [9.17, 15) is 9.59 Å². The molecule has 40 heavy (non-hydrogen) atoms. The van der Waals surface area contributed by atoms with Gasteiger partial charge in [0, 0.05) is 18.9 Å². The van der Waals surface area contributed by atoms with Gasteiger partial charge in [0.05, 0.1) is 13.7 Å². The molecule has 0 aromatic rings. The van der Waals surface area contributed by atoms with Crippen LogP contribution >= 0.6 is 0 Å². The van der Waals surface area contributed by atoms with Gasteiger partial charge in [-0.3, -0.25) is 4.79 Å². The molecule has 226 valence electrons. The molecule has 1 N–H and O–H groups in total. The smallest absolute Gasteiger partial charge is 0.407 e. The van der Waals surface area contributed by atoms with Crippen molar-refractivity contribution in [3.63, 3.8) is 0 Å². The van der Waals surface area contributed by atoms with E-state index in [0.717, 1.165) is 19.3 Å². The Morgan fingerprint density at radius 3 is 2.30 bits per heavy atom. The van der Waals surface area contributed by atoms with E-state index >= 15 is 0 Å². The first kappa shape index (κ1) is 31.1. The van der Waals surface area contributed by atoms with Crippen molar-refractivity contribution in [2.24, 2.45) is 51.8 Å². The third kappa shape index (κ3) is 4.21. The van der Waals surface area contributed by atoms with Crippen molar-refractivity contribution in [3.8, 4) is 0 Å². The average Bonchev–Trinajstić information content (AvgIpc) is 2.86. The number of nitrogens with one attached hydrogen (secondary N) is 1. The van der Waals surface area contributed by atoms with Gasteiger partial charge in [0.25, 0.3) is 0 Å². The van der Waals surface area contributed by atoms with Gasteiger partial charge in [-0.2, -0.15) is 0 Å². The maximum Gasteiger partial charge on any atom is 0.407 e. The predicted molar refractivity (Wildman–Crippen MR) is 159 cm³/mol. The Bertz CT molecular complexity index is 1090. The molecule has 1 aliphatic heterocycles. The van der Waals surface area contributed by atoms with E-state index in [2.05, 4.69) is 74.6 Å². The number of fused-ring (bicyclic) bond motifs is 5. The van der Waals surface area contributed by atoms with Crippen LogP contribution in [-0.4, -0.2) is 43.5 Å². The Labute approximate surface area is 243 Å². The van der Waals surface area contributed by atoms with Gasteiger partial charge in [0.2, 0.25) is 0 Å². The van der Waals surface area contributed by atoms with Crippen molar-refractivity contribution < 1.29 is 23.8 Å². The minimum Gasteiger partial charge on any atom is -0.454 e. The monoisotopic (exact) mass is 557 g/mol. The number of hydrogen-bond acceptors (Lipinski definition) is 5. The van der Waals surface area contributed by atoms with Crippen molar-refractivity contribution >= 4 is 12.1 Å². The Kier molecular flexibility index (Phi) is 7.91. The van der Waals surface area contributed by atoms with E-state index in [-0.39, 0.29) is 64.1 Å². The SMILES string of the molecule is C=C1C(C)C2=C(C)C(CC(C)C(C)NC(=O)OC)CC(C)(C(C)C3C4(OC(C)=O)COC4CC(C)C13C)C2(C)C. The third-order valence-electron chi connectivity index (χ3n) is 13.2. The first-order valence-corrected chi connectivity index (χ1v) is 15.5. The molecule has 1 saturated heterocycles. The van der Waals surface area contributed by atoms with Crippen molar-refractivity contribution in [3.05, 3.63) is 23.3 Å². The molecule has 2 saturated carbocycles. The largest absolute Gasteiger partial charge is 0.454 e. The molecule has 0 radical (unpaired) electrons. The van der Waals surface area contributed by atoms with Gasteiger partial charge in [0.15, 0.2) is 5.60 Å². The maximum absolute atomic E-state index is 12.6. The zero-order valence-corrected chi connectivity index (χ0v) is 27.2. The molecule has 11 atom stereocenters. The van der Waals surface area contributed by atoms with Crippen LogP contribution in [0.1, 0.15) is 95.4 Å². The van der Waals surface area contributed by atoms with Gasteiger partial charge < -0.3 is 19.5 Å². The number of carbonyl (C=O) groups excluding carboxylic acids is 2. The highest BCUT2D eigenvalue weighted by atomic mass is 16.6. The van der Waals surface area contributed by atoms with Crippen LogP contribution in [0.3, 0.4) is 0 Å². The Morgan fingerprint density at radius 1 is 1.15 bits per heavy atom. The molecule has 1 heterocycles. The Morgan fingerprint density at radius 2 is 1.77 bits per heavy atom. The standard InChI is InChI=1S/C34H55NO5/c1-18(24(7)35-30(37)38-13)14-26-16-32(11)23(6)29-33(12,22(5)20(3)28(21(26)4)31(32,9)10)19(2)15-27-34(29,17-39-27)40-25(8)36/h18-20,23-24,26-27,29H,5,14-17H2,1-4,6-13H3,(H,35,37). The quantitative estimate of drug-likeness (QED) is 0.283. The minimum absolute atomic E-state index is 0.00483. The molecular formula is C34H55NO5. The molecule has 6 heteroatoms. The average molecular weight is 558 g/mol. The first-order chi connectivity index (χ1) is 18.4. The van der Waals surface area contributed by atoms with Crippen LogP contribution in [0, 0.1) is 51.8 Å². The summed E-state index contributed by atoms with van der Waals surface area (Å²) in [5.74, 6) is 1.34. The molecule has 11 unspecified atom stereocenters. The fraction of sp³-hybridized carbons (Fsp3) is 0.824. The molecule has 3 fully saturated rings. The molecular weight excluding hydrogens is 502 g/mol. The van der Waals surface area contributed by atoms with Gasteiger partial charge in [-0.05, 0) is 78.9 Å². The summed E-state index contributed by atoms with van der Waals surface area (Å²) >= 11 is 0. The summed E-state index contributed by atoms with van der Waals surface area (Å²) in [6, 6.07) is 0.00483. The summed E-state index contributed by atoms with van der Waals surface area (Å²) in [5, 5.41) is 2.99. The number of hydrogen-bond donors (Lipinski definition) is 1. The number of alkyl carbamates (subject to hydrolysis) is 1. The summed E-state index contributed by atoms with van der Waals surface area (Å²) < 4.78 is 17.4. The molecule has 1 amide bonds. The van der Waals surface area contributed by atoms with Crippen molar-refractivity contribution in [1.29, 1.82) is 0 Å². The summed E-state index contributed by atoms with van der Waals surface area (Å²) in [6.45, 7) is 30.5. The molecule has 4 rings (SSSR count). The fourth-order valence-electron chi connectivity index (χ4n) is 10.1. The number of carbonyl (C=O) groups is 2. The molecule has 6 nitrogen and oxygen atoms in total. The maximum atomic E-state index is 12.6. The van der Waals surface area contributed by atoms with Gasteiger partial charge in [-0.1, -0.05) is 78.7 Å². The van der Waals surface area contributed by atoms with Crippen LogP contribution in [-0.2, 0) is 19.0 Å². The van der Waals surface area contributed by atoms with E-state index in [0.29, 0.717) is 18.4 Å². The van der Waals surface area contributed by atoms with Gasteiger partial charge in [-0.15, -0.1) is 0 Å². The lowest BCUT2D eigenvalue weighted by atomic mass is 9.37. The molecule has 0 aromatic carbocycles. The fourth-order valence-corrected chi connectivity index (χ4v) is 10.1. The first-order valence-electron chi connectivity index (χ1n) is 15.5. The lowest BCUT2D eigenvalue weighted by molar-refractivity contribution is -0.327. The van der Waals surface area contributed by atoms with E-state index < -0.39 is 5.60 Å². The second-order valence-electron chi connectivity index (χ2n) is 15.0. The van der Waals surface area contributed by atoms with E-state index in [1.807, 2.05) is 0 Å². The highest BCUT2D eigenvalue weighted by Crippen LogP contribution is 2.72. The van der Waals surface area contributed by atoms with Crippen molar-refractivity contribution in [2.45, 2.75) is 113 Å².